The second kappa shape index (κ2) is 4.28. The molecule has 0 aromatic rings. The molecular weight excluding hydrogens is 134 g/mol. The summed E-state index contributed by atoms with van der Waals surface area (Å²) in [5, 5.41) is 1.44. The van der Waals surface area contributed by atoms with Crippen LogP contribution in [0.2, 0.25) is 5.32 Å². The third kappa shape index (κ3) is 5.12. The number of rotatable bonds is 2. The Morgan fingerprint density at radius 3 is 2.17 bits per heavy atom. The molecule has 0 saturated carbocycles. The van der Waals surface area contributed by atoms with E-state index in [0.717, 1.165) is 18.7 Å². The molecule has 0 fully saturated rings. The molecule has 0 unspecified atom stereocenters. The van der Waals surface area contributed by atoms with Crippen LogP contribution in [0, 0.1) is 5.92 Å². The van der Waals surface area contributed by atoms with E-state index in [4.69, 9.17) is 0 Å². The normalized spacial score (nSPS) is 10.2. The first-order valence-electron chi connectivity index (χ1n) is 2.26. The van der Waals surface area contributed by atoms with Gasteiger partial charge in [0.15, 0.2) is 0 Å². The van der Waals surface area contributed by atoms with E-state index < -0.39 is 0 Å². The van der Waals surface area contributed by atoms with Crippen LogP contribution >= 0.6 is 0 Å². The summed E-state index contributed by atoms with van der Waals surface area (Å²) in [6.07, 6.45) is 0. The van der Waals surface area contributed by atoms with Gasteiger partial charge in [-0.3, -0.25) is 0 Å². The zero-order chi connectivity index (χ0) is 4.99. The molecule has 0 atom stereocenters. The molecule has 0 nitrogen and oxygen atoms in total. The number of hydrogen-bond acceptors (Lipinski definition) is 0. The van der Waals surface area contributed by atoms with Gasteiger partial charge in [-0.15, -0.1) is 0 Å². The van der Waals surface area contributed by atoms with E-state index in [1.807, 2.05) is 0 Å². The molecule has 0 aliphatic rings. The van der Waals surface area contributed by atoms with Gasteiger partial charge < -0.3 is 0 Å². The standard InChI is InChI=1S/C4H10Se.Li/c1-4(2)3-5;/h4-5H,3H2,1-2H3;/q;+1/p-1. The molecule has 32 valence electrons. The Morgan fingerprint density at radius 1 is 1.67 bits per heavy atom. The summed E-state index contributed by atoms with van der Waals surface area (Å²) in [7, 11) is 0. The Labute approximate surface area is 53.7 Å². The molecule has 6 heavy (non-hydrogen) atoms. The summed E-state index contributed by atoms with van der Waals surface area (Å²) >= 11 is 3.18. The molecule has 0 spiro atoms. The average Bonchev–Trinajstić information content (AvgIpc) is 1.35. The van der Waals surface area contributed by atoms with Crippen molar-refractivity contribution in [1.29, 1.82) is 0 Å². The summed E-state index contributed by atoms with van der Waals surface area (Å²) in [4.78, 5) is 0. The molecular formula is C4H9LiSe. The van der Waals surface area contributed by atoms with Crippen molar-refractivity contribution < 1.29 is 0 Å². The molecule has 0 aliphatic carbocycles. The summed E-state index contributed by atoms with van der Waals surface area (Å²) in [6, 6.07) is 0. The Balaban J connectivity index is 2.63. The van der Waals surface area contributed by atoms with Gasteiger partial charge in [0.1, 0.15) is 0 Å². The van der Waals surface area contributed by atoms with Crippen molar-refractivity contribution in [3.63, 3.8) is 0 Å². The van der Waals surface area contributed by atoms with Gasteiger partial charge in [0.25, 0.3) is 0 Å². The van der Waals surface area contributed by atoms with Crippen molar-refractivity contribution in [2.24, 2.45) is 5.92 Å². The fraction of sp³-hybridized carbons (Fsp3) is 1.00. The fourth-order valence-corrected chi connectivity index (χ4v) is 1.73. The molecule has 0 aliphatic heterocycles. The van der Waals surface area contributed by atoms with Gasteiger partial charge in [-0.25, -0.2) is 0 Å². The Hall–Kier alpha value is 1.12. The van der Waals surface area contributed by atoms with Crippen LogP contribution in [0.5, 0.6) is 0 Å². The van der Waals surface area contributed by atoms with Gasteiger partial charge in [0.2, 0.25) is 0 Å². The second-order valence-corrected chi connectivity index (χ2v) is 3.76. The molecule has 0 aromatic heterocycles. The first-order chi connectivity index (χ1) is 2.77. The van der Waals surface area contributed by atoms with Gasteiger partial charge in [-0.2, -0.15) is 0 Å². The third-order valence-electron chi connectivity index (χ3n) is 0.500. The minimum atomic E-state index is 0.897. The van der Waals surface area contributed by atoms with Gasteiger partial charge in [-0.05, 0) is 0 Å². The van der Waals surface area contributed by atoms with Crippen LogP contribution in [0.15, 0.2) is 0 Å². The first-order valence-corrected chi connectivity index (χ1v) is 5.18. The van der Waals surface area contributed by atoms with Crippen LogP contribution in [0.4, 0.5) is 0 Å². The molecule has 0 radical (unpaired) electrons. The van der Waals surface area contributed by atoms with E-state index in [0.29, 0.717) is 0 Å². The molecule has 0 saturated heterocycles. The molecule has 0 N–H and O–H groups in total. The topological polar surface area (TPSA) is 0 Å². The fourth-order valence-electron chi connectivity index (χ4n) is 0.333. The molecule has 0 amide bonds. The Bertz CT molecular complexity index is 28.7. The van der Waals surface area contributed by atoms with Crippen LogP contribution in [0.25, 0.3) is 0 Å². The maximum atomic E-state index is 2.28. The zero-order valence-electron chi connectivity index (χ0n) is 4.69. The van der Waals surface area contributed by atoms with Crippen molar-refractivity contribution in [2.75, 3.05) is 0 Å². The van der Waals surface area contributed by atoms with Crippen molar-refractivity contribution in [3.8, 4) is 0 Å². The Kier molecular flexibility index (Phi) is 5.08. The molecule has 0 heterocycles. The van der Waals surface area contributed by atoms with Gasteiger partial charge >= 0.3 is 53.6 Å². The third-order valence-corrected chi connectivity index (χ3v) is 2.60. The van der Waals surface area contributed by atoms with Crippen LogP contribution in [0.1, 0.15) is 13.8 Å². The van der Waals surface area contributed by atoms with Crippen LogP contribution < -0.4 is 0 Å². The van der Waals surface area contributed by atoms with Crippen LogP contribution in [-0.4, -0.2) is 28.5 Å². The van der Waals surface area contributed by atoms with Crippen molar-refractivity contribution in [3.05, 3.63) is 0 Å². The second-order valence-electron chi connectivity index (χ2n) is 1.85. The van der Waals surface area contributed by atoms with Crippen molar-refractivity contribution in [1.82, 2.24) is 0 Å². The van der Waals surface area contributed by atoms with Crippen molar-refractivity contribution >= 4 is 28.5 Å². The van der Waals surface area contributed by atoms with E-state index in [-0.39, 0.29) is 0 Å². The molecule has 0 aromatic carbocycles. The first kappa shape index (κ1) is 7.12. The molecule has 0 bridgehead atoms. The van der Waals surface area contributed by atoms with E-state index in [2.05, 4.69) is 29.6 Å². The quantitative estimate of drug-likeness (QED) is 0.502. The van der Waals surface area contributed by atoms with E-state index >= 15 is 0 Å². The van der Waals surface area contributed by atoms with Crippen LogP contribution in [0.3, 0.4) is 0 Å². The Morgan fingerprint density at radius 2 is 2.17 bits per heavy atom. The van der Waals surface area contributed by atoms with E-state index in [9.17, 15) is 0 Å². The van der Waals surface area contributed by atoms with Gasteiger partial charge in [0, 0.05) is 0 Å². The summed E-state index contributed by atoms with van der Waals surface area (Å²) in [5.74, 6) is 0.926. The minimum absolute atomic E-state index is 0.897. The van der Waals surface area contributed by atoms with Gasteiger partial charge in [0.05, 0.1) is 0 Å². The van der Waals surface area contributed by atoms with Crippen LogP contribution in [-0.2, 0) is 0 Å². The predicted octanol–water partition coefficient (Wildman–Crippen LogP) is 0.848. The van der Waals surface area contributed by atoms with Crippen molar-refractivity contribution in [2.45, 2.75) is 19.2 Å². The van der Waals surface area contributed by atoms with Gasteiger partial charge in [-0.1, -0.05) is 0 Å². The number of hydrogen-bond donors (Lipinski definition) is 0. The van der Waals surface area contributed by atoms with E-state index in [1.165, 1.54) is 5.32 Å². The average molecular weight is 143 g/mol. The predicted molar refractivity (Wildman–Crippen MR) is 31.2 cm³/mol. The molecule has 2 heteroatoms. The summed E-state index contributed by atoms with van der Waals surface area (Å²) < 4.78 is 0. The maximum absolute atomic E-state index is 2.28. The zero-order valence-corrected chi connectivity index (χ0v) is 6.41. The summed E-state index contributed by atoms with van der Waals surface area (Å²) in [6.45, 7) is 4.54. The monoisotopic (exact) mass is 144 g/mol. The van der Waals surface area contributed by atoms with E-state index in [1.54, 1.807) is 0 Å². The summed E-state index contributed by atoms with van der Waals surface area (Å²) in [5.41, 5.74) is 0. The SMILES string of the molecule is [Li][Se]CC(C)C. The molecule has 0 rings (SSSR count).